The maximum atomic E-state index is 15.5. The number of aliphatic hydroxyl groups excluding tert-OH is 3. The maximum absolute atomic E-state index is 15.5. The van der Waals surface area contributed by atoms with Crippen LogP contribution in [-0.2, 0) is 77.6 Å². The van der Waals surface area contributed by atoms with Crippen molar-refractivity contribution in [1.29, 1.82) is 0 Å². The van der Waals surface area contributed by atoms with Crippen LogP contribution in [-0.4, -0.2) is 164 Å². The summed E-state index contributed by atoms with van der Waals surface area (Å²) < 4.78 is 44.0. The number of rotatable bonds is 20. The first-order valence-electron chi connectivity index (χ1n) is 24.8. The minimum atomic E-state index is -2.05. The summed E-state index contributed by atoms with van der Waals surface area (Å²) in [6.45, 7) is 4.33. The highest BCUT2D eigenvalue weighted by molar-refractivity contribution is 6.13. The second-order valence-corrected chi connectivity index (χ2v) is 19.6. The molecule has 4 aliphatic heterocycles. The van der Waals surface area contributed by atoms with E-state index in [4.69, 9.17) is 34.4 Å². The highest BCUT2D eigenvalue weighted by atomic mass is 19.1. The normalized spacial score (nSPS) is 24.6. The quantitative estimate of drug-likeness (QED) is 0.0218. The van der Waals surface area contributed by atoms with E-state index in [9.17, 15) is 63.9 Å². The van der Waals surface area contributed by atoms with Gasteiger partial charge in [-0.25, -0.2) is 23.8 Å². The van der Waals surface area contributed by atoms with Crippen molar-refractivity contribution < 1.29 is 87.2 Å². The second-order valence-electron chi connectivity index (χ2n) is 19.6. The zero-order valence-electron chi connectivity index (χ0n) is 41.9. The van der Waals surface area contributed by atoms with Gasteiger partial charge in [-0.3, -0.25) is 28.9 Å². The third-order valence-corrected chi connectivity index (χ3v) is 14.7. The maximum Gasteiger partial charge on any atom is 0.407 e. The van der Waals surface area contributed by atoms with Crippen molar-refractivity contribution in [3.05, 3.63) is 73.8 Å². The second kappa shape index (κ2) is 22.4. The molecule has 1 aliphatic carbocycles. The number of carbonyl (C=O) groups is 7. The number of aromatic nitrogens is 2. The molecular weight excluding hydrogens is 1010 g/mol. The minimum absolute atomic E-state index is 0.0439. The number of halogens is 1. The SMILES string of the molecule is CC[C@@]1(O)C(=O)OCc2c1cc1n(c2=O)Cc2c-1nc1cc(F)c(C)c3c1c2C(CCCOCNC(=O)[C@H](CO[C@@H]1O[C@H](C(=O)O)[C@@H](O)[C@H](O)[C@H]1O)NC(=O)[C@@H](NC(=O)OC[C@H](CN)N1C(=O)C=CC1=O)C(C)C)CC3. The zero-order valence-corrected chi connectivity index (χ0v) is 41.9. The molecule has 76 heavy (non-hydrogen) atoms. The molecule has 3 aromatic rings. The number of aliphatic carboxylic acids is 1. The monoisotopic (exact) mass is 1070 g/mol. The molecular formula is C50H60FN7O18. The summed E-state index contributed by atoms with van der Waals surface area (Å²) in [5.74, 6) is -6.97. The lowest BCUT2D eigenvalue weighted by Gasteiger charge is -2.38. The number of esters is 1. The Morgan fingerprint density at radius 3 is 2.38 bits per heavy atom. The summed E-state index contributed by atoms with van der Waals surface area (Å²) in [4.78, 5) is 109. The van der Waals surface area contributed by atoms with Crippen LogP contribution >= 0.6 is 0 Å². The standard InChI is InChI=1S/C50H60FN7O18/c1-5-50(71)28-13-32-38-26(16-57(32)45(66)27(28)18-74-48(50)69)35-23(8-9-25-22(4)29(51)14-30(54-38)36(25)35)7-6-12-72-20-53-43(64)31(19-73-47-41(63)39(61)40(62)42(76-47)46(67)68)55-44(65)37(21(2)3)56-49(70)75-17-24(15-52)58-33(59)10-11-34(58)60/h10-11,13-14,21,23-24,31,37,39-42,47,61-63,71H,5-9,12,15-20,52H2,1-4H3,(H,53,64)(H,55,65)(H,56,70)(H,67,68)/t23?,24-,31-,37-,39-,40-,41+,42-,47+,50-/m0/s1. The molecule has 10 N–H and O–H groups in total. The van der Waals surface area contributed by atoms with E-state index >= 15 is 4.39 Å². The van der Waals surface area contributed by atoms with Crippen molar-refractivity contribution >= 4 is 52.6 Å². The van der Waals surface area contributed by atoms with Crippen LogP contribution in [0, 0.1) is 18.7 Å². The van der Waals surface area contributed by atoms with Gasteiger partial charge in [0.1, 0.15) is 56.2 Å². The van der Waals surface area contributed by atoms with E-state index < -0.39 is 133 Å². The number of pyridine rings is 2. The number of benzene rings is 1. The number of alkyl carbamates (subject to hydrolysis) is 1. The van der Waals surface area contributed by atoms with E-state index in [1.54, 1.807) is 33.8 Å². The van der Waals surface area contributed by atoms with E-state index in [0.29, 0.717) is 48.2 Å². The van der Waals surface area contributed by atoms with Crippen LogP contribution in [0.4, 0.5) is 9.18 Å². The van der Waals surface area contributed by atoms with Crippen LogP contribution in [0.15, 0.2) is 29.1 Å². The summed E-state index contributed by atoms with van der Waals surface area (Å²) in [7, 11) is 0. The van der Waals surface area contributed by atoms with Crippen molar-refractivity contribution in [1.82, 2.24) is 30.4 Å². The van der Waals surface area contributed by atoms with Crippen LogP contribution in [0.5, 0.6) is 0 Å². The molecule has 1 fully saturated rings. The number of carboxylic acid groups (broad SMARTS) is 1. The molecule has 0 spiro atoms. The first-order valence-corrected chi connectivity index (χ1v) is 24.8. The van der Waals surface area contributed by atoms with Gasteiger partial charge in [0.2, 0.25) is 11.8 Å². The van der Waals surface area contributed by atoms with Gasteiger partial charge in [0.05, 0.1) is 41.7 Å². The summed E-state index contributed by atoms with van der Waals surface area (Å²) in [6.07, 6.45) is -7.07. The smallest absolute Gasteiger partial charge is 0.407 e. The molecule has 1 unspecified atom stereocenters. The number of nitrogens with zero attached hydrogens (tertiary/aromatic N) is 3. The van der Waals surface area contributed by atoms with Gasteiger partial charge in [-0.1, -0.05) is 20.8 Å². The molecule has 5 aliphatic rings. The fourth-order valence-corrected chi connectivity index (χ4v) is 10.4. The molecule has 6 heterocycles. The lowest BCUT2D eigenvalue weighted by molar-refractivity contribution is -0.294. The Morgan fingerprint density at radius 2 is 1.71 bits per heavy atom. The first-order chi connectivity index (χ1) is 36.1. The zero-order chi connectivity index (χ0) is 55.1. The number of aliphatic hydroxyl groups is 4. The van der Waals surface area contributed by atoms with Crippen LogP contribution in [0.2, 0.25) is 0 Å². The van der Waals surface area contributed by atoms with E-state index in [-0.39, 0.29) is 49.8 Å². The Labute approximate surface area is 432 Å². The lowest BCUT2D eigenvalue weighted by atomic mass is 9.76. The number of hydrogen-bond acceptors (Lipinski definition) is 19. The number of aryl methyl sites for hydroxylation is 1. The predicted octanol–water partition coefficient (Wildman–Crippen LogP) is -1.18. The number of carbonyl (C=O) groups excluding carboxylic acids is 6. The van der Waals surface area contributed by atoms with Gasteiger partial charge in [0.15, 0.2) is 18.0 Å². The van der Waals surface area contributed by atoms with Crippen molar-refractivity contribution in [2.75, 3.05) is 33.1 Å². The van der Waals surface area contributed by atoms with Crippen molar-refractivity contribution in [3.8, 4) is 11.4 Å². The molecule has 2 aromatic heterocycles. The molecule has 26 heteroatoms. The van der Waals surface area contributed by atoms with Gasteiger partial charge in [-0.15, -0.1) is 0 Å². The number of cyclic esters (lactones) is 1. The number of hydrogen-bond donors (Lipinski definition) is 9. The third kappa shape index (κ3) is 10.4. The Hall–Kier alpha value is -6.78. The molecule has 10 atom stereocenters. The Morgan fingerprint density at radius 1 is 0.987 bits per heavy atom. The van der Waals surface area contributed by atoms with Crippen LogP contribution in [0.25, 0.3) is 22.3 Å². The van der Waals surface area contributed by atoms with Gasteiger partial charge in [-0.2, -0.15) is 0 Å². The summed E-state index contributed by atoms with van der Waals surface area (Å²) in [5, 5.41) is 60.2. The van der Waals surface area contributed by atoms with Crippen LogP contribution in [0.3, 0.4) is 0 Å². The molecule has 8 rings (SSSR count). The van der Waals surface area contributed by atoms with E-state index in [0.717, 1.165) is 39.1 Å². The number of imide groups is 1. The number of fused-ring (bicyclic) bond motifs is 5. The Balaban J connectivity index is 0.942. The molecule has 410 valence electrons. The minimum Gasteiger partial charge on any atom is -0.479 e. The Bertz CT molecular complexity index is 2930. The lowest BCUT2D eigenvalue weighted by Crippen LogP contribution is -2.61. The summed E-state index contributed by atoms with van der Waals surface area (Å²) in [6, 6.07) is -1.12. The molecule has 5 amide bonds. The summed E-state index contributed by atoms with van der Waals surface area (Å²) in [5.41, 5.74) is 7.72. The first kappa shape index (κ1) is 55.5. The van der Waals surface area contributed by atoms with E-state index in [1.807, 2.05) is 0 Å². The fraction of sp³-hybridized carbons (Fsp3) is 0.540. The molecule has 0 saturated carbocycles. The molecule has 0 bridgehead atoms. The highest BCUT2D eigenvalue weighted by Crippen LogP contribution is 2.47. The molecule has 1 saturated heterocycles. The van der Waals surface area contributed by atoms with Crippen LogP contribution in [0.1, 0.15) is 85.8 Å². The largest absolute Gasteiger partial charge is 0.479 e. The molecule has 25 nitrogen and oxygen atoms in total. The number of amides is 5. The van der Waals surface area contributed by atoms with E-state index in [1.165, 1.54) is 10.6 Å². The van der Waals surface area contributed by atoms with Gasteiger partial charge in [0.25, 0.3) is 17.4 Å². The van der Waals surface area contributed by atoms with Gasteiger partial charge in [-0.05, 0) is 73.6 Å². The predicted molar refractivity (Wildman–Crippen MR) is 258 cm³/mol. The van der Waals surface area contributed by atoms with E-state index in [2.05, 4.69) is 16.0 Å². The summed E-state index contributed by atoms with van der Waals surface area (Å²) >= 11 is 0. The van der Waals surface area contributed by atoms with Crippen molar-refractivity contribution in [3.63, 3.8) is 0 Å². The van der Waals surface area contributed by atoms with Gasteiger partial charge >= 0.3 is 18.0 Å². The van der Waals surface area contributed by atoms with Gasteiger partial charge in [0, 0.05) is 47.9 Å². The number of ether oxygens (including phenoxy) is 5. The van der Waals surface area contributed by atoms with Crippen LogP contribution < -0.4 is 27.2 Å². The number of nitrogens with one attached hydrogen (secondary N) is 3. The average molecular weight is 1070 g/mol. The fourth-order valence-electron chi connectivity index (χ4n) is 10.4. The molecule has 0 radical (unpaired) electrons. The van der Waals surface area contributed by atoms with Gasteiger partial charge < -0.3 is 75.5 Å². The average Bonchev–Trinajstić information content (AvgIpc) is 3.99. The number of nitrogens with two attached hydrogens (primary N) is 1. The topological polar surface area (TPSA) is 367 Å². The molecule has 1 aromatic carbocycles. The van der Waals surface area contributed by atoms with Crippen molar-refractivity contribution in [2.45, 2.75) is 133 Å². The Kier molecular flexibility index (Phi) is 16.4. The number of carboxylic acids is 1. The van der Waals surface area contributed by atoms with Crippen molar-refractivity contribution in [2.24, 2.45) is 11.7 Å². The highest BCUT2D eigenvalue weighted by Gasteiger charge is 2.49. The third-order valence-electron chi connectivity index (χ3n) is 14.7.